The van der Waals surface area contributed by atoms with Crippen LogP contribution in [0.15, 0.2) is 47.4 Å². The first-order chi connectivity index (χ1) is 10.3. The monoisotopic (exact) mass is 344 g/mol. The molecule has 0 heterocycles. The number of ether oxygens (including phenoxy) is 1. The molecular formula is C15H13NaO6S. The van der Waals surface area contributed by atoms with Crippen molar-refractivity contribution in [1.82, 2.24) is 0 Å². The first-order valence-electron chi connectivity index (χ1n) is 6.40. The summed E-state index contributed by atoms with van der Waals surface area (Å²) in [6.07, 6.45) is 0. The fourth-order valence-corrected chi connectivity index (χ4v) is 2.57. The Bertz CT molecular complexity index is 802. The van der Waals surface area contributed by atoms with Crippen LogP contribution in [0.5, 0.6) is 11.5 Å². The summed E-state index contributed by atoms with van der Waals surface area (Å²) < 4.78 is 39.0. The van der Waals surface area contributed by atoms with Gasteiger partial charge in [0.1, 0.15) is 21.6 Å². The molecule has 2 aromatic carbocycles. The molecule has 0 unspecified atom stereocenters. The summed E-state index contributed by atoms with van der Waals surface area (Å²) in [6.45, 7) is 1.70. The van der Waals surface area contributed by atoms with E-state index in [-0.39, 0.29) is 53.0 Å². The number of benzene rings is 2. The molecule has 0 aliphatic rings. The molecule has 0 amide bonds. The third-order valence-corrected chi connectivity index (χ3v) is 3.77. The van der Waals surface area contributed by atoms with Gasteiger partial charge in [0.25, 0.3) is 0 Å². The Hall–Kier alpha value is -1.38. The van der Waals surface area contributed by atoms with Gasteiger partial charge in [0.2, 0.25) is 0 Å². The molecule has 0 radical (unpaired) electrons. The van der Waals surface area contributed by atoms with E-state index >= 15 is 0 Å². The number of rotatable bonds is 5. The SMILES string of the molecule is CCOc1cc(O)c(C(=O)c2ccccc2)cc1S(=O)(=O)[O-].[Na+]. The van der Waals surface area contributed by atoms with Crippen LogP contribution in [0.25, 0.3) is 0 Å². The number of carbonyl (C=O) groups excluding carboxylic acids is 1. The van der Waals surface area contributed by atoms with Crippen molar-refractivity contribution in [3.05, 3.63) is 53.6 Å². The summed E-state index contributed by atoms with van der Waals surface area (Å²) in [5, 5.41) is 9.94. The van der Waals surface area contributed by atoms with Crippen LogP contribution in [0, 0.1) is 0 Å². The fourth-order valence-electron chi connectivity index (χ4n) is 1.94. The van der Waals surface area contributed by atoms with Crippen molar-refractivity contribution in [3.63, 3.8) is 0 Å². The molecule has 8 heteroatoms. The molecule has 0 aliphatic carbocycles. The van der Waals surface area contributed by atoms with Gasteiger partial charge in [0.05, 0.1) is 17.1 Å². The second-order valence-corrected chi connectivity index (χ2v) is 5.75. The van der Waals surface area contributed by atoms with E-state index in [4.69, 9.17) is 4.74 Å². The first kappa shape index (κ1) is 19.7. The molecule has 1 N–H and O–H groups in total. The van der Waals surface area contributed by atoms with Gasteiger partial charge in [-0.25, -0.2) is 8.42 Å². The number of aromatic hydroxyl groups is 1. The van der Waals surface area contributed by atoms with Crippen LogP contribution < -0.4 is 34.3 Å². The third-order valence-electron chi connectivity index (χ3n) is 2.91. The van der Waals surface area contributed by atoms with E-state index in [0.717, 1.165) is 12.1 Å². The van der Waals surface area contributed by atoms with E-state index in [0.29, 0.717) is 0 Å². The quantitative estimate of drug-likeness (QED) is 0.421. The molecule has 0 spiro atoms. The van der Waals surface area contributed by atoms with Gasteiger partial charge in [0, 0.05) is 11.6 Å². The van der Waals surface area contributed by atoms with Crippen molar-refractivity contribution in [2.45, 2.75) is 11.8 Å². The predicted molar refractivity (Wildman–Crippen MR) is 77.1 cm³/mol. The molecule has 0 saturated carbocycles. The minimum Gasteiger partial charge on any atom is -0.744 e. The topological polar surface area (TPSA) is 104 Å². The molecule has 0 aromatic heterocycles. The molecule has 0 bridgehead atoms. The van der Waals surface area contributed by atoms with Crippen LogP contribution in [-0.4, -0.2) is 30.5 Å². The Kier molecular flexibility index (Phi) is 6.79. The predicted octanol–water partition coefficient (Wildman–Crippen LogP) is -1.07. The molecule has 6 nitrogen and oxygen atoms in total. The van der Waals surface area contributed by atoms with Gasteiger partial charge in [-0.3, -0.25) is 4.79 Å². The van der Waals surface area contributed by atoms with Gasteiger partial charge < -0.3 is 14.4 Å². The average molecular weight is 344 g/mol. The van der Waals surface area contributed by atoms with Crippen LogP contribution in [0.2, 0.25) is 0 Å². The maximum atomic E-state index is 12.3. The molecule has 116 valence electrons. The summed E-state index contributed by atoms with van der Waals surface area (Å²) in [6, 6.07) is 9.81. The van der Waals surface area contributed by atoms with Gasteiger partial charge in [-0.2, -0.15) is 0 Å². The van der Waals surface area contributed by atoms with Crippen molar-refractivity contribution in [3.8, 4) is 11.5 Å². The van der Waals surface area contributed by atoms with Crippen molar-refractivity contribution in [1.29, 1.82) is 0 Å². The summed E-state index contributed by atoms with van der Waals surface area (Å²) in [5.74, 6) is -1.32. The fraction of sp³-hybridized carbons (Fsp3) is 0.133. The Morgan fingerprint density at radius 3 is 2.35 bits per heavy atom. The van der Waals surface area contributed by atoms with Crippen LogP contribution in [-0.2, 0) is 10.1 Å². The zero-order valence-corrected chi connectivity index (χ0v) is 15.5. The van der Waals surface area contributed by atoms with Crippen LogP contribution in [0.1, 0.15) is 22.8 Å². The van der Waals surface area contributed by atoms with Gasteiger partial charge in [-0.1, -0.05) is 30.3 Å². The molecule has 23 heavy (non-hydrogen) atoms. The number of phenols is 1. The number of hydrogen-bond donors (Lipinski definition) is 1. The smallest absolute Gasteiger partial charge is 0.744 e. The van der Waals surface area contributed by atoms with Crippen LogP contribution in [0.3, 0.4) is 0 Å². The molecule has 0 aliphatic heterocycles. The van der Waals surface area contributed by atoms with Crippen molar-refractivity contribution < 1.29 is 57.2 Å². The number of phenolic OH excluding ortho intramolecular Hbond substituents is 1. The van der Waals surface area contributed by atoms with E-state index in [1.54, 1.807) is 25.1 Å². The zero-order valence-electron chi connectivity index (χ0n) is 12.6. The van der Waals surface area contributed by atoms with Crippen molar-refractivity contribution in [2.75, 3.05) is 6.61 Å². The van der Waals surface area contributed by atoms with Gasteiger partial charge in [0.15, 0.2) is 5.78 Å². The minimum absolute atomic E-state index is 0. The van der Waals surface area contributed by atoms with Gasteiger partial charge in [-0.15, -0.1) is 0 Å². The Morgan fingerprint density at radius 1 is 1.22 bits per heavy atom. The van der Waals surface area contributed by atoms with E-state index in [1.165, 1.54) is 12.1 Å². The third kappa shape index (κ3) is 4.55. The van der Waals surface area contributed by atoms with Crippen molar-refractivity contribution >= 4 is 15.9 Å². The van der Waals surface area contributed by atoms with E-state index in [9.17, 15) is 22.9 Å². The van der Waals surface area contributed by atoms with Gasteiger partial charge >= 0.3 is 29.6 Å². The normalized spacial score (nSPS) is 10.7. The molecule has 0 saturated heterocycles. The van der Waals surface area contributed by atoms with E-state index in [2.05, 4.69) is 0 Å². The minimum atomic E-state index is -4.85. The standard InChI is InChI=1S/C15H14O6S.Na/c1-2-21-13-9-12(16)11(8-14(13)22(18,19)20)15(17)10-6-4-3-5-7-10;/h3-9,16H,2H2,1H3,(H,18,19,20);/q;+1/p-1. The average Bonchev–Trinajstić information content (AvgIpc) is 2.47. The molecule has 0 atom stereocenters. The second-order valence-electron chi connectivity index (χ2n) is 4.40. The zero-order chi connectivity index (χ0) is 16.3. The van der Waals surface area contributed by atoms with E-state index in [1.807, 2.05) is 0 Å². The Balaban J connectivity index is 0.00000264. The summed E-state index contributed by atoms with van der Waals surface area (Å²) in [4.78, 5) is 11.6. The second kappa shape index (κ2) is 7.94. The van der Waals surface area contributed by atoms with Crippen LogP contribution in [0.4, 0.5) is 0 Å². The molecule has 2 aromatic rings. The van der Waals surface area contributed by atoms with Crippen LogP contribution >= 0.6 is 0 Å². The maximum Gasteiger partial charge on any atom is 1.00 e. The largest absolute Gasteiger partial charge is 1.00 e. The Morgan fingerprint density at radius 2 is 1.83 bits per heavy atom. The first-order valence-corrected chi connectivity index (χ1v) is 7.81. The summed E-state index contributed by atoms with van der Waals surface area (Å²) in [7, 11) is -4.85. The molecular weight excluding hydrogens is 331 g/mol. The molecule has 0 fully saturated rings. The Labute approximate surface area is 156 Å². The van der Waals surface area contributed by atoms with E-state index < -0.39 is 26.5 Å². The van der Waals surface area contributed by atoms with Gasteiger partial charge in [-0.05, 0) is 13.0 Å². The number of ketones is 1. The number of carbonyl (C=O) groups is 1. The summed E-state index contributed by atoms with van der Waals surface area (Å²) in [5.41, 5.74) is -0.0136. The summed E-state index contributed by atoms with van der Waals surface area (Å²) >= 11 is 0. The number of hydrogen-bond acceptors (Lipinski definition) is 6. The van der Waals surface area contributed by atoms with Crippen molar-refractivity contribution in [2.24, 2.45) is 0 Å². The molecule has 2 rings (SSSR count). The maximum absolute atomic E-state index is 12.3.